The molecule has 0 bridgehead atoms. The molecule has 94 valence electrons. The third-order valence-electron chi connectivity index (χ3n) is 3.13. The molecule has 1 saturated heterocycles. The predicted octanol–water partition coefficient (Wildman–Crippen LogP) is 0.977. The molecule has 1 aliphatic rings. The Morgan fingerprint density at radius 2 is 2.41 bits per heavy atom. The maximum atomic E-state index is 9.26. The average Bonchev–Trinajstić information content (AvgIpc) is 2.79. The number of rotatable bonds is 4. The van der Waals surface area contributed by atoms with Crippen LogP contribution < -0.4 is 11.3 Å². The molecule has 1 fully saturated rings. The molecule has 0 amide bonds. The smallest absolute Gasteiger partial charge is 0.140 e. The molecular formula is C11H17ClN4O. The van der Waals surface area contributed by atoms with Crippen LogP contribution in [0.15, 0.2) is 12.1 Å². The van der Waals surface area contributed by atoms with Gasteiger partial charge in [0.2, 0.25) is 0 Å². The second-order valence-corrected chi connectivity index (χ2v) is 4.63. The zero-order chi connectivity index (χ0) is 12.3. The van der Waals surface area contributed by atoms with Crippen molar-refractivity contribution < 1.29 is 5.11 Å². The Morgan fingerprint density at radius 1 is 1.59 bits per heavy atom. The molecule has 2 rings (SSSR count). The maximum absolute atomic E-state index is 9.26. The van der Waals surface area contributed by atoms with E-state index in [1.807, 2.05) is 0 Å². The van der Waals surface area contributed by atoms with Gasteiger partial charge in [-0.25, -0.2) is 10.8 Å². The van der Waals surface area contributed by atoms with Gasteiger partial charge in [0.05, 0.1) is 17.3 Å². The van der Waals surface area contributed by atoms with E-state index in [9.17, 15) is 5.11 Å². The monoisotopic (exact) mass is 256 g/mol. The van der Waals surface area contributed by atoms with Crippen molar-refractivity contribution in [3.05, 3.63) is 22.8 Å². The van der Waals surface area contributed by atoms with E-state index >= 15 is 0 Å². The molecule has 1 aliphatic heterocycles. The molecule has 0 radical (unpaired) electrons. The molecule has 1 unspecified atom stereocenters. The molecule has 0 saturated carbocycles. The Balaban J connectivity index is 2.12. The Bertz CT molecular complexity index is 388. The molecule has 5 nitrogen and oxygen atoms in total. The van der Waals surface area contributed by atoms with Gasteiger partial charge in [0, 0.05) is 12.6 Å². The van der Waals surface area contributed by atoms with Gasteiger partial charge in [-0.05, 0) is 31.5 Å². The molecule has 4 N–H and O–H groups in total. The van der Waals surface area contributed by atoms with Crippen LogP contribution in [-0.2, 0) is 6.54 Å². The summed E-state index contributed by atoms with van der Waals surface area (Å²) in [5.41, 5.74) is 3.30. The number of aliphatic hydroxyl groups is 1. The first kappa shape index (κ1) is 12.6. The Labute approximate surface area is 106 Å². The van der Waals surface area contributed by atoms with E-state index < -0.39 is 0 Å². The largest absolute Gasteiger partial charge is 0.395 e. The minimum Gasteiger partial charge on any atom is -0.395 e. The van der Waals surface area contributed by atoms with E-state index in [0.717, 1.165) is 25.1 Å². The van der Waals surface area contributed by atoms with Crippen molar-refractivity contribution in [2.75, 3.05) is 18.6 Å². The summed E-state index contributed by atoms with van der Waals surface area (Å²) in [6.07, 6.45) is 2.14. The number of hydrogen-bond acceptors (Lipinski definition) is 5. The number of likely N-dealkylation sites (tertiary alicyclic amines) is 1. The second kappa shape index (κ2) is 5.64. The highest BCUT2D eigenvalue weighted by Crippen LogP contribution is 2.23. The lowest BCUT2D eigenvalue weighted by atomic mass is 10.2. The SMILES string of the molecule is NNc1ccc(Cl)c(CN2CCCC2CO)n1. The first-order valence-corrected chi connectivity index (χ1v) is 6.09. The Kier molecular flexibility index (Phi) is 4.17. The number of nitrogens with one attached hydrogen (secondary N) is 1. The predicted molar refractivity (Wildman–Crippen MR) is 67.6 cm³/mol. The van der Waals surface area contributed by atoms with E-state index in [-0.39, 0.29) is 12.6 Å². The average molecular weight is 257 g/mol. The van der Waals surface area contributed by atoms with Crippen molar-refractivity contribution in [1.82, 2.24) is 9.88 Å². The lowest BCUT2D eigenvalue weighted by Gasteiger charge is -2.22. The Morgan fingerprint density at radius 3 is 3.12 bits per heavy atom. The summed E-state index contributed by atoms with van der Waals surface area (Å²) in [6, 6.07) is 3.74. The highest BCUT2D eigenvalue weighted by Gasteiger charge is 2.24. The van der Waals surface area contributed by atoms with Gasteiger partial charge in [-0.3, -0.25) is 4.90 Å². The summed E-state index contributed by atoms with van der Waals surface area (Å²) in [5.74, 6) is 5.92. The summed E-state index contributed by atoms with van der Waals surface area (Å²) >= 11 is 6.10. The molecule has 6 heteroatoms. The van der Waals surface area contributed by atoms with Crippen LogP contribution in [0.2, 0.25) is 5.02 Å². The Hall–Kier alpha value is -0.880. The highest BCUT2D eigenvalue weighted by molar-refractivity contribution is 6.31. The van der Waals surface area contributed by atoms with Crippen LogP contribution in [0.5, 0.6) is 0 Å². The van der Waals surface area contributed by atoms with Gasteiger partial charge in [0.25, 0.3) is 0 Å². The van der Waals surface area contributed by atoms with Gasteiger partial charge >= 0.3 is 0 Å². The number of aromatic nitrogens is 1. The third-order valence-corrected chi connectivity index (χ3v) is 3.47. The fraction of sp³-hybridized carbons (Fsp3) is 0.545. The lowest BCUT2D eigenvalue weighted by Crippen LogP contribution is -2.32. The highest BCUT2D eigenvalue weighted by atomic mass is 35.5. The molecule has 1 aromatic heterocycles. The number of anilines is 1. The van der Waals surface area contributed by atoms with Gasteiger partial charge in [-0.1, -0.05) is 11.6 Å². The fourth-order valence-electron chi connectivity index (χ4n) is 2.18. The number of halogens is 1. The molecule has 0 spiro atoms. The van der Waals surface area contributed by atoms with Crippen molar-refractivity contribution in [2.24, 2.45) is 5.84 Å². The summed E-state index contributed by atoms with van der Waals surface area (Å²) in [6.45, 7) is 1.82. The van der Waals surface area contributed by atoms with Gasteiger partial charge in [0.15, 0.2) is 0 Å². The summed E-state index contributed by atoms with van der Waals surface area (Å²) in [4.78, 5) is 6.53. The van der Waals surface area contributed by atoms with E-state index in [1.165, 1.54) is 0 Å². The van der Waals surface area contributed by atoms with Gasteiger partial charge in [-0.15, -0.1) is 0 Å². The zero-order valence-corrected chi connectivity index (χ0v) is 10.3. The van der Waals surface area contributed by atoms with Crippen LogP contribution in [-0.4, -0.2) is 34.2 Å². The number of hydrazine groups is 1. The standard InChI is InChI=1S/C11H17ClN4O/c12-9-3-4-11(15-13)14-10(9)6-16-5-1-2-8(16)7-17/h3-4,8,17H,1-2,5-7,13H2,(H,14,15). The van der Waals surface area contributed by atoms with Crippen LogP contribution in [0, 0.1) is 0 Å². The second-order valence-electron chi connectivity index (χ2n) is 4.22. The summed E-state index contributed by atoms with van der Waals surface area (Å²) in [7, 11) is 0. The molecule has 1 aromatic rings. The quantitative estimate of drug-likeness (QED) is 0.553. The van der Waals surface area contributed by atoms with Gasteiger partial charge < -0.3 is 10.5 Å². The number of hydrogen-bond donors (Lipinski definition) is 3. The third kappa shape index (κ3) is 2.87. The summed E-state index contributed by atoms with van der Waals surface area (Å²) < 4.78 is 0. The van der Waals surface area contributed by atoms with Crippen LogP contribution >= 0.6 is 11.6 Å². The van der Waals surface area contributed by atoms with Gasteiger partial charge in [0.1, 0.15) is 5.82 Å². The number of nitrogens with two attached hydrogens (primary N) is 1. The molecule has 17 heavy (non-hydrogen) atoms. The molecule has 1 atom stereocenters. The van der Waals surface area contributed by atoms with Crippen LogP contribution in [0.3, 0.4) is 0 Å². The first-order chi connectivity index (χ1) is 8.24. The summed E-state index contributed by atoms with van der Waals surface area (Å²) in [5, 5.41) is 9.89. The van der Waals surface area contributed by atoms with Crippen molar-refractivity contribution in [3.8, 4) is 0 Å². The van der Waals surface area contributed by atoms with E-state index in [4.69, 9.17) is 17.4 Å². The molecule has 0 aromatic carbocycles. The van der Waals surface area contributed by atoms with Gasteiger partial charge in [-0.2, -0.15) is 0 Å². The molecule has 2 heterocycles. The lowest BCUT2D eigenvalue weighted by molar-refractivity contribution is 0.152. The van der Waals surface area contributed by atoms with Crippen LogP contribution in [0.25, 0.3) is 0 Å². The van der Waals surface area contributed by atoms with Crippen molar-refractivity contribution in [3.63, 3.8) is 0 Å². The fourth-order valence-corrected chi connectivity index (χ4v) is 2.34. The first-order valence-electron chi connectivity index (χ1n) is 5.71. The number of aliphatic hydroxyl groups excluding tert-OH is 1. The molecular weight excluding hydrogens is 240 g/mol. The maximum Gasteiger partial charge on any atom is 0.140 e. The van der Waals surface area contributed by atoms with E-state index in [0.29, 0.717) is 17.4 Å². The van der Waals surface area contributed by atoms with E-state index in [2.05, 4.69) is 15.3 Å². The van der Waals surface area contributed by atoms with Crippen LogP contribution in [0.1, 0.15) is 18.5 Å². The number of pyridine rings is 1. The van der Waals surface area contributed by atoms with E-state index in [1.54, 1.807) is 12.1 Å². The molecule has 0 aliphatic carbocycles. The zero-order valence-electron chi connectivity index (χ0n) is 9.56. The minimum atomic E-state index is 0.187. The minimum absolute atomic E-state index is 0.187. The van der Waals surface area contributed by atoms with Crippen molar-refractivity contribution >= 4 is 17.4 Å². The number of nitrogens with zero attached hydrogens (tertiary/aromatic N) is 2. The topological polar surface area (TPSA) is 74.4 Å². The van der Waals surface area contributed by atoms with Crippen molar-refractivity contribution in [1.29, 1.82) is 0 Å². The van der Waals surface area contributed by atoms with Crippen molar-refractivity contribution in [2.45, 2.75) is 25.4 Å². The van der Waals surface area contributed by atoms with Crippen LogP contribution in [0.4, 0.5) is 5.82 Å². The number of nitrogen functional groups attached to an aromatic ring is 1. The normalized spacial score (nSPS) is 20.8.